The monoisotopic (exact) mass is 541 g/mol. The largest absolute Gasteiger partial charge is 0.481 e. The number of anilines is 1. The number of ether oxygens (including phenoxy) is 1. The predicted octanol–water partition coefficient (Wildman–Crippen LogP) is 8.36. The van der Waals surface area contributed by atoms with Gasteiger partial charge in [0.25, 0.3) is 0 Å². The molecular weight excluding hydrogens is 521 g/mol. The minimum atomic E-state index is -0.777. The van der Waals surface area contributed by atoms with Crippen molar-refractivity contribution in [3.63, 3.8) is 0 Å². The number of thiophene rings is 2. The van der Waals surface area contributed by atoms with Crippen molar-refractivity contribution in [3.05, 3.63) is 86.6 Å². The highest BCUT2D eigenvalue weighted by molar-refractivity contribution is 7.14. The van der Waals surface area contributed by atoms with E-state index in [4.69, 9.17) is 16.3 Å². The van der Waals surface area contributed by atoms with Crippen LogP contribution in [0, 0.1) is 5.13 Å². The Morgan fingerprint density at radius 2 is 1.67 bits per heavy atom. The van der Waals surface area contributed by atoms with Crippen molar-refractivity contribution < 1.29 is 23.8 Å². The summed E-state index contributed by atoms with van der Waals surface area (Å²) < 4.78 is 19.6. The van der Waals surface area contributed by atoms with Crippen molar-refractivity contribution in [2.24, 2.45) is 0 Å². The number of halogens is 2. The fraction of sp³-hybridized carbons (Fsp3) is 0.185. The fourth-order valence-corrected chi connectivity index (χ4v) is 6.22. The van der Waals surface area contributed by atoms with Crippen LogP contribution in [0.2, 0.25) is 5.02 Å². The zero-order valence-electron chi connectivity index (χ0n) is 19.1. The number of amides is 1. The van der Waals surface area contributed by atoms with Gasteiger partial charge in [0.05, 0.1) is 21.0 Å². The Labute approximate surface area is 220 Å². The molecule has 5 rings (SSSR count). The van der Waals surface area contributed by atoms with Gasteiger partial charge in [0.2, 0.25) is 0 Å². The summed E-state index contributed by atoms with van der Waals surface area (Å²) in [5.74, 6) is -0.777. The van der Waals surface area contributed by atoms with Crippen LogP contribution in [-0.2, 0) is 14.9 Å². The standard InChI is InChI=1S/C27H21ClFNO4S2/c1-15(20-13-35-14-21(20)28)34-26(33)30-22-12-23(29)36-24(22)18-4-2-16(3-5-18)17-6-8-19(9-7-17)27(10-11-27)25(31)32/h2-9,12-15H,10-11H2,1H3,(H,30,33)(H,31,32). The summed E-state index contributed by atoms with van der Waals surface area (Å²) in [6.07, 6.45) is 0.0818. The molecule has 1 saturated carbocycles. The molecule has 184 valence electrons. The Balaban J connectivity index is 1.30. The third kappa shape index (κ3) is 4.76. The summed E-state index contributed by atoms with van der Waals surface area (Å²) in [5, 5.41) is 15.8. The van der Waals surface area contributed by atoms with E-state index >= 15 is 0 Å². The predicted molar refractivity (Wildman–Crippen MR) is 142 cm³/mol. The molecule has 0 aliphatic heterocycles. The maximum absolute atomic E-state index is 14.2. The number of benzene rings is 2. The molecule has 1 unspecified atom stereocenters. The number of hydrogen-bond acceptors (Lipinski definition) is 5. The number of hydrogen-bond donors (Lipinski definition) is 2. The molecule has 1 aliphatic rings. The molecule has 2 heterocycles. The molecule has 0 bridgehead atoms. The average Bonchev–Trinajstić information content (AvgIpc) is 3.45. The minimum absolute atomic E-state index is 0.326. The topological polar surface area (TPSA) is 75.6 Å². The smallest absolute Gasteiger partial charge is 0.412 e. The lowest BCUT2D eigenvalue weighted by Crippen LogP contribution is -2.19. The van der Waals surface area contributed by atoms with Crippen molar-refractivity contribution in [2.75, 3.05) is 5.32 Å². The first-order chi connectivity index (χ1) is 17.3. The quantitative estimate of drug-likeness (QED) is 0.246. The lowest BCUT2D eigenvalue weighted by Gasteiger charge is -2.14. The van der Waals surface area contributed by atoms with Gasteiger partial charge in [-0.05, 0) is 47.4 Å². The molecule has 2 N–H and O–H groups in total. The summed E-state index contributed by atoms with van der Waals surface area (Å²) in [4.78, 5) is 24.6. The SMILES string of the molecule is CC(OC(=O)Nc1cc(F)sc1-c1ccc(-c2ccc(C3(C(=O)O)CC3)cc2)cc1)c1cscc1Cl. The van der Waals surface area contributed by atoms with E-state index < -0.39 is 28.7 Å². The lowest BCUT2D eigenvalue weighted by atomic mass is 9.93. The van der Waals surface area contributed by atoms with E-state index in [0.29, 0.717) is 34.0 Å². The van der Waals surface area contributed by atoms with E-state index in [9.17, 15) is 19.1 Å². The number of carbonyl (C=O) groups excluding carboxylic acids is 1. The van der Waals surface area contributed by atoms with Crippen molar-refractivity contribution in [3.8, 4) is 21.6 Å². The highest BCUT2D eigenvalue weighted by Gasteiger charge is 2.51. The first-order valence-electron chi connectivity index (χ1n) is 11.2. The van der Waals surface area contributed by atoms with Crippen molar-refractivity contribution in [2.45, 2.75) is 31.3 Å². The number of carboxylic acid groups (broad SMARTS) is 1. The van der Waals surface area contributed by atoms with Gasteiger partial charge in [-0.15, -0.1) is 11.3 Å². The molecule has 0 radical (unpaired) electrons. The first kappa shape index (κ1) is 24.5. The molecule has 5 nitrogen and oxygen atoms in total. The second-order valence-electron chi connectivity index (χ2n) is 8.68. The second-order valence-corrected chi connectivity index (χ2v) is 10.8. The van der Waals surface area contributed by atoms with Crippen LogP contribution in [0.4, 0.5) is 14.9 Å². The molecule has 0 saturated heterocycles. The van der Waals surface area contributed by atoms with Crippen LogP contribution in [0.25, 0.3) is 21.6 Å². The van der Waals surface area contributed by atoms with Gasteiger partial charge < -0.3 is 9.84 Å². The molecular formula is C27H21ClFNO4S2. The molecule has 0 spiro atoms. The molecule has 1 amide bonds. The molecule has 4 aromatic rings. The normalized spacial score (nSPS) is 14.8. The molecule has 2 aromatic heterocycles. The number of carbonyl (C=O) groups is 2. The molecule has 1 fully saturated rings. The van der Waals surface area contributed by atoms with Crippen LogP contribution in [0.3, 0.4) is 0 Å². The second kappa shape index (κ2) is 9.69. The van der Waals surface area contributed by atoms with Gasteiger partial charge in [0.15, 0.2) is 5.13 Å². The third-order valence-electron chi connectivity index (χ3n) is 6.38. The van der Waals surface area contributed by atoms with E-state index in [1.165, 1.54) is 17.4 Å². The first-order valence-corrected chi connectivity index (χ1v) is 13.3. The molecule has 1 atom stereocenters. The zero-order chi connectivity index (χ0) is 25.4. The summed E-state index contributed by atoms with van der Waals surface area (Å²) in [6, 6.07) is 16.4. The van der Waals surface area contributed by atoms with Gasteiger partial charge in [0, 0.05) is 17.0 Å². The summed E-state index contributed by atoms with van der Waals surface area (Å²) in [6.45, 7) is 1.72. The van der Waals surface area contributed by atoms with Gasteiger partial charge in [-0.25, -0.2) is 4.79 Å². The Kier molecular flexibility index (Phi) is 6.59. The molecule has 9 heteroatoms. The summed E-state index contributed by atoms with van der Waals surface area (Å²) in [5.41, 5.74) is 3.77. The van der Waals surface area contributed by atoms with Gasteiger partial charge in [-0.1, -0.05) is 60.1 Å². The number of aliphatic carboxylic acids is 1. The Morgan fingerprint density at radius 3 is 2.22 bits per heavy atom. The minimum Gasteiger partial charge on any atom is -0.481 e. The average molecular weight is 542 g/mol. The van der Waals surface area contributed by atoms with Crippen LogP contribution < -0.4 is 5.32 Å². The van der Waals surface area contributed by atoms with E-state index in [-0.39, 0.29) is 0 Å². The zero-order valence-corrected chi connectivity index (χ0v) is 21.5. The third-order valence-corrected chi connectivity index (χ3v) is 8.57. The van der Waals surface area contributed by atoms with Gasteiger partial charge >= 0.3 is 12.1 Å². The number of carboxylic acids is 1. The van der Waals surface area contributed by atoms with Crippen molar-refractivity contribution in [1.82, 2.24) is 0 Å². The highest BCUT2D eigenvalue weighted by atomic mass is 35.5. The Hall–Kier alpha value is -3.20. The number of rotatable bonds is 7. The van der Waals surface area contributed by atoms with Crippen LogP contribution >= 0.6 is 34.3 Å². The van der Waals surface area contributed by atoms with Gasteiger partial charge in [-0.2, -0.15) is 15.7 Å². The maximum atomic E-state index is 14.2. The van der Waals surface area contributed by atoms with Gasteiger partial charge in [-0.3, -0.25) is 10.1 Å². The lowest BCUT2D eigenvalue weighted by molar-refractivity contribution is -0.140. The molecule has 36 heavy (non-hydrogen) atoms. The van der Waals surface area contributed by atoms with Crippen molar-refractivity contribution >= 4 is 52.0 Å². The highest BCUT2D eigenvalue weighted by Crippen LogP contribution is 2.48. The van der Waals surface area contributed by atoms with Crippen LogP contribution in [0.15, 0.2) is 65.4 Å². The summed E-state index contributed by atoms with van der Waals surface area (Å²) in [7, 11) is 0. The van der Waals surface area contributed by atoms with E-state index in [1.807, 2.05) is 53.9 Å². The van der Waals surface area contributed by atoms with Crippen molar-refractivity contribution in [1.29, 1.82) is 0 Å². The number of nitrogens with one attached hydrogen (secondary N) is 1. The van der Waals surface area contributed by atoms with Crippen LogP contribution in [0.1, 0.15) is 37.0 Å². The van der Waals surface area contributed by atoms with E-state index in [1.54, 1.807) is 12.3 Å². The van der Waals surface area contributed by atoms with E-state index in [2.05, 4.69) is 5.32 Å². The molecule has 1 aliphatic carbocycles. The Morgan fingerprint density at radius 1 is 1.06 bits per heavy atom. The van der Waals surface area contributed by atoms with E-state index in [0.717, 1.165) is 33.6 Å². The fourth-order valence-electron chi connectivity index (χ4n) is 4.16. The maximum Gasteiger partial charge on any atom is 0.412 e. The van der Waals surface area contributed by atoms with Crippen LogP contribution in [-0.4, -0.2) is 17.2 Å². The summed E-state index contributed by atoms with van der Waals surface area (Å²) >= 11 is 8.46. The Bertz CT molecular complexity index is 1420. The van der Waals surface area contributed by atoms with Crippen LogP contribution in [0.5, 0.6) is 0 Å². The molecule has 2 aromatic carbocycles. The van der Waals surface area contributed by atoms with Gasteiger partial charge in [0.1, 0.15) is 6.10 Å².